The molecule has 0 radical (unpaired) electrons. The monoisotopic (exact) mass is 317 g/mol. The lowest BCUT2D eigenvalue weighted by molar-refractivity contribution is -0.152. The van der Waals surface area contributed by atoms with Crippen LogP contribution in [0.2, 0.25) is 0 Å². The first kappa shape index (κ1) is 16.3. The van der Waals surface area contributed by atoms with Crippen molar-refractivity contribution in [2.75, 3.05) is 18.6 Å². The van der Waals surface area contributed by atoms with Crippen LogP contribution in [0.25, 0.3) is 0 Å². The van der Waals surface area contributed by atoms with E-state index in [1.807, 2.05) is 0 Å². The summed E-state index contributed by atoms with van der Waals surface area (Å²) in [5, 5.41) is 9.27. The predicted octanol–water partition coefficient (Wildman–Crippen LogP) is 0.913. The Morgan fingerprint density at radius 1 is 1.00 bits per heavy atom. The van der Waals surface area contributed by atoms with Gasteiger partial charge in [-0.05, 0) is 25.7 Å². The number of carbonyl (C=O) groups excluding carboxylic acids is 1. The summed E-state index contributed by atoms with van der Waals surface area (Å²) in [5.41, 5.74) is 0. The molecular formula is C14H23NO5S. The van der Waals surface area contributed by atoms with Gasteiger partial charge in [-0.2, -0.15) is 0 Å². The van der Waals surface area contributed by atoms with Gasteiger partial charge in [0.2, 0.25) is 5.91 Å². The van der Waals surface area contributed by atoms with E-state index in [4.69, 9.17) is 0 Å². The van der Waals surface area contributed by atoms with Gasteiger partial charge in [-0.1, -0.05) is 12.8 Å². The molecular weight excluding hydrogens is 294 g/mol. The number of carboxylic acids is 1. The summed E-state index contributed by atoms with van der Waals surface area (Å²) in [4.78, 5) is 25.5. The van der Waals surface area contributed by atoms with E-state index in [-0.39, 0.29) is 23.5 Å². The zero-order chi connectivity index (χ0) is 15.6. The molecule has 120 valence electrons. The molecule has 2 unspecified atom stereocenters. The van der Waals surface area contributed by atoms with E-state index in [0.717, 1.165) is 12.8 Å². The smallest absolute Gasteiger partial charge is 0.307 e. The normalized spacial score (nSPS) is 29.8. The highest BCUT2D eigenvalue weighted by Gasteiger charge is 2.39. The minimum absolute atomic E-state index is 0.0857. The lowest BCUT2D eigenvalue weighted by Gasteiger charge is -2.36. The SMILES string of the molecule is CN(C(=O)C1CCCCC1C(=O)O)C1CCS(=O)(=O)CC1. The van der Waals surface area contributed by atoms with Crippen LogP contribution in [0.4, 0.5) is 0 Å². The highest BCUT2D eigenvalue weighted by atomic mass is 32.2. The van der Waals surface area contributed by atoms with E-state index in [2.05, 4.69) is 0 Å². The molecule has 0 aromatic carbocycles. The molecule has 21 heavy (non-hydrogen) atoms. The van der Waals surface area contributed by atoms with Crippen LogP contribution in [0, 0.1) is 11.8 Å². The van der Waals surface area contributed by atoms with Crippen molar-refractivity contribution in [3.8, 4) is 0 Å². The predicted molar refractivity (Wildman–Crippen MR) is 77.5 cm³/mol. The van der Waals surface area contributed by atoms with Crippen molar-refractivity contribution in [1.82, 2.24) is 4.90 Å². The lowest BCUT2D eigenvalue weighted by atomic mass is 9.78. The molecule has 0 aromatic heterocycles. The molecule has 1 N–H and O–H groups in total. The molecule has 1 heterocycles. The molecule has 2 rings (SSSR count). The third-order valence-corrected chi connectivity index (χ3v) is 6.54. The fourth-order valence-electron chi connectivity index (χ4n) is 3.43. The highest BCUT2D eigenvalue weighted by Crippen LogP contribution is 2.32. The molecule has 1 saturated heterocycles. The first-order valence-electron chi connectivity index (χ1n) is 7.52. The van der Waals surface area contributed by atoms with Crippen molar-refractivity contribution in [2.45, 2.75) is 44.6 Å². The van der Waals surface area contributed by atoms with Crippen LogP contribution in [-0.4, -0.2) is 54.9 Å². The molecule has 7 heteroatoms. The Morgan fingerprint density at radius 3 is 2.05 bits per heavy atom. The topological polar surface area (TPSA) is 91.8 Å². The second kappa shape index (κ2) is 6.34. The fraction of sp³-hybridized carbons (Fsp3) is 0.857. The molecule has 0 aromatic rings. The Hall–Kier alpha value is -1.11. The summed E-state index contributed by atoms with van der Waals surface area (Å²) >= 11 is 0. The Morgan fingerprint density at radius 2 is 1.52 bits per heavy atom. The molecule has 1 saturated carbocycles. The number of hydrogen-bond acceptors (Lipinski definition) is 4. The summed E-state index contributed by atoms with van der Waals surface area (Å²) in [5.74, 6) is -1.86. The van der Waals surface area contributed by atoms with Crippen molar-refractivity contribution in [3.63, 3.8) is 0 Å². The van der Waals surface area contributed by atoms with Gasteiger partial charge in [-0.15, -0.1) is 0 Å². The largest absolute Gasteiger partial charge is 0.481 e. The number of rotatable bonds is 3. The minimum atomic E-state index is -2.96. The maximum Gasteiger partial charge on any atom is 0.307 e. The van der Waals surface area contributed by atoms with Crippen LogP contribution < -0.4 is 0 Å². The number of amides is 1. The van der Waals surface area contributed by atoms with E-state index < -0.39 is 27.6 Å². The van der Waals surface area contributed by atoms with E-state index in [1.165, 1.54) is 0 Å². The highest BCUT2D eigenvalue weighted by molar-refractivity contribution is 7.91. The first-order chi connectivity index (χ1) is 9.82. The minimum Gasteiger partial charge on any atom is -0.481 e. The lowest BCUT2D eigenvalue weighted by Crippen LogP contribution is -2.47. The molecule has 6 nitrogen and oxygen atoms in total. The van der Waals surface area contributed by atoms with E-state index in [1.54, 1.807) is 11.9 Å². The standard InChI is InChI=1S/C14H23NO5S/c1-15(10-6-8-21(19,20)9-7-10)13(16)11-4-2-3-5-12(11)14(17)18/h10-12H,2-9H2,1H3,(H,17,18). The van der Waals surface area contributed by atoms with Gasteiger partial charge in [0.15, 0.2) is 0 Å². The Labute approximate surface area is 125 Å². The van der Waals surface area contributed by atoms with Crippen molar-refractivity contribution in [1.29, 1.82) is 0 Å². The van der Waals surface area contributed by atoms with Crippen molar-refractivity contribution in [2.24, 2.45) is 11.8 Å². The summed E-state index contributed by atoms with van der Waals surface area (Å²) < 4.78 is 22.9. The molecule has 1 amide bonds. The van der Waals surface area contributed by atoms with Crippen LogP contribution in [0.15, 0.2) is 0 Å². The number of nitrogens with zero attached hydrogens (tertiary/aromatic N) is 1. The fourth-order valence-corrected chi connectivity index (χ4v) is 4.89. The van der Waals surface area contributed by atoms with Gasteiger partial charge in [0.25, 0.3) is 0 Å². The van der Waals surface area contributed by atoms with Gasteiger partial charge in [0.05, 0.1) is 23.3 Å². The van der Waals surface area contributed by atoms with Crippen molar-refractivity contribution in [3.05, 3.63) is 0 Å². The molecule has 2 aliphatic rings. The second-order valence-corrected chi connectivity index (χ2v) is 8.47. The van der Waals surface area contributed by atoms with Gasteiger partial charge in [0.1, 0.15) is 9.84 Å². The number of hydrogen-bond donors (Lipinski definition) is 1. The van der Waals surface area contributed by atoms with Gasteiger partial charge in [-0.3, -0.25) is 9.59 Å². The number of aliphatic carboxylic acids is 1. The van der Waals surface area contributed by atoms with Crippen molar-refractivity contribution < 1.29 is 23.1 Å². The van der Waals surface area contributed by atoms with Crippen LogP contribution >= 0.6 is 0 Å². The van der Waals surface area contributed by atoms with Crippen LogP contribution in [0.5, 0.6) is 0 Å². The molecule has 0 bridgehead atoms. The summed E-state index contributed by atoms with van der Waals surface area (Å²) in [6, 6.07) is -0.0857. The molecule has 2 atom stereocenters. The van der Waals surface area contributed by atoms with Crippen LogP contribution in [-0.2, 0) is 19.4 Å². The average Bonchev–Trinajstić information content (AvgIpc) is 2.45. The summed E-state index contributed by atoms with van der Waals surface area (Å²) in [6.07, 6.45) is 3.81. The maximum absolute atomic E-state index is 12.6. The molecule has 1 aliphatic heterocycles. The Bertz CT molecular complexity index is 501. The Kier molecular flexibility index (Phi) is 4.91. The van der Waals surface area contributed by atoms with Gasteiger partial charge < -0.3 is 10.0 Å². The third-order valence-electron chi connectivity index (χ3n) is 4.82. The number of carboxylic acid groups (broad SMARTS) is 1. The van der Waals surface area contributed by atoms with E-state index in [0.29, 0.717) is 25.7 Å². The quantitative estimate of drug-likeness (QED) is 0.835. The van der Waals surface area contributed by atoms with Crippen LogP contribution in [0.1, 0.15) is 38.5 Å². The number of carbonyl (C=O) groups is 2. The average molecular weight is 317 g/mol. The summed E-state index contributed by atoms with van der Waals surface area (Å²) in [6.45, 7) is 0. The third kappa shape index (κ3) is 3.75. The summed E-state index contributed by atoms with van der Waals surface area (Å²) in [7, 11) is -1.28. The number of sulfone groups is 1. The zero-order valence-electron chi connectivity index (χ0n) is 12.3. The maximum atomic E-state index is 12.6. The van der Waals surface area contributed by atoms with Crippen LogP contribution in [0.3, 0.4) is 0 Å². The van der Waals surface area contributed by atoms with Crippen molar-refractivity contribution >= 4 is 21.7 Å². The van der Waals surface area contributed by atoms with E-state index >= 15 is 0 Å². The molecule has 2 fully saturated rings. The Balaban J connectivity index is 2.03. The second-order valence-electron chi connectivity index (χ2n) is 6.17. The molecule has 1 aliphatic carbocycles. The van der Waals surface area contributed by atoms with Gasteiger partial charge in [-0.25, -0.2) is 8.42 Å². The van der Waals surface area contributed by atoms with Gasteiger partial charge in [0, 0.05) is 13.1 Å². The molecule has 0 spiro atoms. The van der Waals surface area contributed by atoms with E-state index in [9.17, 15) is 23.1 Å². The zero-order valence-corrected chi connectivity index (χ0v) is 13.1. The van der Waals surface area contributed by atoms with Gasteiger partial charge >= 0.3 is 5.97 Å². The first-order valence-corrected chi connectivity index (χ1v) is 9.34.